The van der Waals surface area contributed by atoms with Crippen LogP contribution < -0.4 is 10.3 Å². The van der Waals surface area contributed by atoms with Crippen molar-refractivity contribution in [2.45, 2.75) is 13.5 Å². The van der Waals surface area contributed by atoms with Gasteiger partial charge in [-0.05, 0) is 25.1 Å². The van der Waals surface area contributed by atoms with Crippen molar-refractivity contribution in [3.63, 3.8) is 0 Å². The summed E-state index contributed by atoms with van der Waals surface area (Å²) < 4.78 is 0. The number of hydrogen-bond donors (Lipinski definition) is 2. The Morgan fingerprint density at radius 1 is 1.35 bits per heavy atom. The molecule has 1 aromatic carbocycles. The zero-order valence-corrected chi connectivity index (χ0v) is 11.0. The molecule has 2 N–H and O–H groups in total. The molecule has 2 aromatic rings. The molecule has 0 aliphatic carbocycles. The predicted molar refractivity (Wildman–Crippen MR) is 70.8 cm³/mol. The van der Waals surface area contributed by atoms with Crippen molar-refractivity contribution in [2.24, 2.45) is 0 Å². The fourth-order valence-electron chi connectivity index (χ4n) is 1.99. The van der Waals surface area contributed by atoms with Crippen LogP contribution in [0.25, 0.3) is 10.9 Å². The highest BCUT2D eigenvalue weighted by molar-refractivity contribution is 6.31. The molecule has 1 aromatic heterocycles. The number of hydrogen-bond acceptors (Lipinski definition) is 1. The number of pyridine rings is 1. The normalized spacial score (nSPS) is 11.4. The Morgan fingerprint density at radius 2 is 2.06 bits per heavy atom. The maximum atomic E-state index is 12.3. The smallest absolute Gasteiger partial charge is 0.198 e. The lowest BCUT2D eigenvalue weighted by molar-refractivity contribution is -0.872. The zero-order chi connectivity index (χ0) is 12.6. The molecule has 0 radical (unpaired) electrons. The quantitative estimate of drug-likeness (QED) is 0.825. The van der Waals surface area contributed by atoms with E-state index in [-0.39, 0.29) is 5.43 Å². The lowest BCUT2D eigenvalue weighted by Gasteiger charge is -2.10. The van der Waals surface area contributed by atoms with Crippen LogP contribution in [0.3, 0.4) is 0 Å². The number of aromatic amines is 1. The van der Waals surface area contributed by atoms with Gasteiger partial charge in [-0.3, -0.25) is 4.79 Å². The number of aryl methyl sites for hydroxylation is 1. The molecule has 3 nitrogen and oxygen atoms in total. The largest absolute Gasteiger partial charge is 0.358 e. The van der Waals surface area contributed by atoms with E-state index in [0.717, 1.165) is 16.8 Å². The minimum atomic E-state index is 0.0833. The molecule has 0 unspecified atom stereocenters. The summed E-state index contributed by atoms with van der Waals surface area (Å²) in [6.45, 7) is 2.65. The topological polar surface area (TPSA) is 37.3 Å². The third-order valence-corrected chi connectivity index (χ3v) is 3.04. The number of halogens is 1. The molecule has 90 valence electrons. The van der Waals surface area contributed by atoms with E-state index in [0.29, 0.717) is 17.0 Å². The number of fused-ring (bicyclic) bond motifs is 1. The van der Waals surface area contributed by atoms with E-state index in [1.807, 2.05) is 27.1 Å². The van der Waals surface area contributed by atoms with Gasteiger partial charge in [0.15, 0.2) is 5.43 Å². The number of aromatic nitrogens is 1. The average molecular weight is 252 g/mol. The molecule has 1 heterocycles. The fourth-order valence-corrected chi connectivity index (χ4v) is 2.16. The number of rotatable bonds is 2. The molecule has 4 heteroatoms. The van der Waals surface area contributed by atoms with Gasteiger partial charge in [0.25, 0.3) is 0 Å². The third kappa shape index (κ3) is 2.35. The minimum absolute atomic E-state index is 0.0833. The van der Waals surface area contributed by atoms with Gasteiger partial charge in [0.05, 0.1) is 19.7 Å². The van der Waals surface area contributed by atoms with E-state index < -0.39 is 0 Å². The van der Waals surface area contributed by atoms with Gasteiger partial charge >= 0.3 is 0 Å². The van der Waals surface area contributed by atoms with E-state index in [9.17, 15) is 4.79 Å². The van der Waals surface area contributed by atoms with E-state index in [2.05, 4.69) is 4.98 Å². The summed E-state index contributed by atoms with van der Waals surface area (Å²) in [7, 11) is 4.06. The standard InChI is InChI=1S/C13H15ClN2O/c1-8-11(7-16(2)3)13(17)10-6-9(14)4-5-12(10)15-8/h4-6H,7H2,1-3H3,(H,15,17)/p+1. The van der Waals surface area contributed by atoms with Crippen molar-refractivity contribution in [3.8, 4) is 0 Å². The van der Waals surface area contributed by atoms with Gasteiger partial charge in [-0.25, -0.2) is 0 Å². The second-order valence-corrected chi connectivity index (χ2v) is 5.07. The van der Waals surface area contributed by atoms with Crippen LogP contribution in [-0.4, -0.2) is 19.1 Å². The van der Waals surface area contributed by atoms with Crippen LogP contribution >= 0.6 is 11.6 Å². The second-order valence-electron chi connectivity index (χ2n) is 4.63. The summed E-state index contributed by atoms with van der Waals surface area (Å²) in [5, 5.41) is 1.26. The van der Waals surface area contributed by atoms with Crippen LogP contribution in [0.1, 0.15) is 11.3 Å². The molecule has 0 saturated carbocycles. The van der Waals surface area contributed by atoms with Gasteiger partial charge in [-0.2, -0.15) is 0 Å². The molecule has 0 bridgehead atoms. The number of quaternary nitrogens is 1. The molecule has 2 rings (SSSR count). The summed E-state index contributed by atoms with van der Waals surface area (Å²) in [6.07, 6.45) is 0. The Bertz CT molecular complexity index is 617. The summed E-state index contributed by atoms with van der Waals surface area (Å²) in [4.78, 5) is 16.8. The zero-order valence-electron chi connectivity index (χ0n) is 10.2. The summed E-state index contributed by atoms with van der Waals surface area (Å²) in [5.41, 5.74) is 2.69. The Morgan fingerprint density at radius 3 is 2.71 bits per heavy atom. The fraction of sp³-hybridized carbons (Fsp3) is 0.308. The van der Waals surface area contributed by atoms with Crippen LogP contribution in [0.4, 0.5) is 0 Å². The van der Waals surface area contributed by atoms with E-state index in [1.54, 1.807) is 12.1 Å². The Labute approximate surface area is 105 Å². The van der Waals surface area contributed by atoms with Gasteiger partial charge in [0, 0.05) is 21.6 Å². The molecule has 0 fully saturated rings. The van der Waals surface area contributed by atoms with Crippen molar-refractivity contribution in [3.05, 3.63) is 44.7 Å². The first-order valence-electron chi connectivity index (χ1n) is 5.59. The highest BCUT2D eigenvalue weighted by atomic mass is 35.5. The second kappa shape index (κ2) is 4.51. The van der Waals surface area contributed by atoms with Crippen LogP contribution in [0.2, 0.25) is 5.02 Å². The molecular weight excluding hydrogens is 236 g/mol. The maximum Gasteiger partial charge on any atom is 0.198 e. The van der Waals surface area contributed by atoms with Crippen LogP contribution in [0.5, 0.6) is 0 Å². The molecular formula is C13H16ClN2O+. The predicted octanol–water partition coefficient (Wildman–Crippen LogP) is 1.13. The SMILES string of the molecule is Cc1[nH]c2ccc(Cl)cc2c(=O)c1C[NH+](C)C. The number of H-pyrrole nitrogens is 1. The molecule has 0 atom stereocenters. The minimum Gasteiger partial charge on any atom is -0.358 e. The van der Waals surface area contributed by atoms with Crippen LogP contribution in [0.15, 0.2) is 23.0 Å². The van der Waals surface area contributed by atoms with Gasteiger partial charge in [0.1, 0.15) is 6.54 Å². The van der Waals surface area contributed by atoms with Crippen molar-refractivity contribution in [1.82, 2.24) is 4.98 Å². The highest BCUT2D eigenvalue weighted by Gasteiger charge is 2.11. The first-order valence-corrected chi connectivity index (χ1v) is 5.97. The molecule has 0 saturated heterocycles. The van der Waals surface area contributed by atoms with Gasteiger partial charge < -0.3 is 9.88 Å². The summed E-state index contributed by atoms with van der Waals surface area (Å²) >= 11 is 5.93. The average Bonchev–Trinajstić information content (AvgIpc) is 2.25. The van der Waals surface area contributed by atoms with Crippen LogP contribution in [0, 0.1) is 6.92 Å². The number of benzene rings is 1. The highest BCUT2D eigenvalue weighted by Crippen LogP contribution is 2.16. The van der Waals surface area contributed by atoms with Gasteiger partial charge in [0.2, 0.25) is 0 Å². The monoisotopic (exact) mass is 251 g/mol. The Balaban J connectivity index is 2.73. The summed E-state index contributed by atoms with van der Waals surface area (Å²) in [5.74, 6) is 0. The first-order chi connectivity index (χ1) is 7.99. The van der Waals surface area contributed by atoms with E-state index >= 15 is 0 Å². The van der Waals surface area contributed by atoms with Crippen molar-refractivity contribution in [2.75, 3.05) is 14.1 Å². The Kier molecular flexibility index (Phi) is 3.22. The van der Waals surface area contributed by atoms with Crippen LogP contribution in [-0.2, 0) is 6.54 Å². The van der Waals surface area contributed by atoms with Crippen molar-refractivity contribution in [1.29, 1.82) is 0 Å². The van der Waals surface area contributed by atoms with Crippen molar-refractivity contribution >= 4 is 22.5 Å². The first kappa shape index (κ1) is 12.1. The summed E-state index contributed by atoms with van der Waals surface area (Å²) in [6, 6.07) is 5.36. The van der Waals surface area contributed by atoms with Gasteiger partial charge in [-0.15, -0.1) is 0 Å². The van der Waals surface area contributed by atoms with E-state index in [1.165, 1.54) is 4.90 Å². The lowest BCUT2D eigenvalue weighted by Crippen LogP contribution is -3.04. The Hall–Kier alpha value is -1.32. The molecule has 0 spiro atoms. The maximum absolute atomic E-state index is 12.3. The van der Waals surface area contributed by atoms with Crippen molar-refractivity contribution < 1.29 is 4.90 Å². The van der Waals surface area contributed by atoms with Gasteiger partial charge in [-0.1, -0.05) is 11.6 Å². The molecule has 0 amide bonds. The molecule has 0 aliphatic heterocycles. The van der Waals surface area contributed by atoms with E-state index in [4.69, 9.17) is 11.6 Å². The number of nitrogens with one attached hydrogen (secondary N) is 2. The molecule has 0 aliphatic rings. The lowest BCUT2D eigenvalue weighted by atomic mass is 10.1. The third-order valence-electron chi connectivity index (χ3n) is 2.81. The molecule has 17 heavy (non-hydrogen) atoms.